The van der Waals surface area contributed by atoms with Gasteiger partial charge in [-0.3, -0.25) is 0 Å². The molecule has 118 valence electrons. The maximum absolute atomic E-state index is 4.76. The van der Waals surface area contributed by atoms with Gasteiger partial charge in [-0.05, 0) is 31.6 Å². The van der Waals surface area contributed by atoms with Crippen LogP contribution in [0.25, 0.3) is 0 Å². The van der Waals surface area contributed by atoms with E-state index in [0.717, 1.165) is 53.6 Å². The van der Waals surface area contributed by atoms with E-state index in [2.05, 4.69) is 37.1 Å². The first-order valence-corrected chi connectivity index (χ1v) is 9.37. The van der Waals surface area contributed by atoms with Gasteiger partial charge in [0.25, 0.3) is 0 Å². The number of nitrogens with one attached hydrogen (secondary N) is 1. The molecule has 2 unspecified atom stereocenters. The highest BCUT2D eigenvalue weighted by molar-refractivity contribution is 7.99. The fourth-order valence-electron chi connectivity index (χ4n) is 2.87. The molecule has 1 fully saturated rings. The predicted octanol–water partition coefficient (Wildman–Crippen LogP) is 4.92. The van der Waals surface area contributed by atoms with E-state index < -0.39 is 0 Å². The Balaban J connectivity index is 2.06. The zero-order valence-corrected chi connectivity index (χ0v) is 14.5. The van der Waals surface area contributed by atoms with Crippen LogP contribution in [-0.4, -0.2) is 21.8 Å². The molecule has 0 bridgehead atoms. The van der Waals surface area contributed by atoms with E-state index in [0.29, 0.717) is 0 Å². The van der Waals surface area contributed by atoms with Crippen molar-refractivity contribution in [1.29, 1.82) is 0 Å². The van der Waals surface area contributed by atoms with Gasteiger partial charge in [0.05, 0.1) is 0 Å². The van der Waals surface area contributed by atoms with Crippen LogP contribution in [0.3, 0.4) is 0 Å². The number of rotatable bonds is 7. The summed E-state index contributed by atoms with van der Waals surface area (Å²) in [5, 5.41) is 5.31. The number of aromatic nitrogens is 2. The van der Waals surface area contributed by atoms with Crippen LogP contribution in [0.1, 0.15) is 65.1 Å². The van der Waals surface area contributed by atoms with Gasteiger partial charge in [0.2, 0.25) is 0 Å². The summed E-state index contributed by atoms with van der Waals surface area (Å²) in [5.41, 5.74) is 0. The maximum Gasteiger partial charge on any atom is 0.132 e. The summed E-state index contributed by atoms with van der Waals surface area (Å²) in [4.78, 5) is 9.40. The van der Waals surface area contributed by atoms with E-state index in [9.17, 15) is 0 Å². The molecule has 1 aliphatic carbocycles. The second-order valence-electron chi connectivity index (χ2n) is 6.20. The largest absolute Gasteiger partial charge is 0.370 e. The number of hydrogen-bond acceptors (Lipinski definition) is 4. The second-order valence-corrected chi connectivity index (χ2v) is 7.52. The Hall–Kier alpha value is -0.770. The molecule has 3 nitrogen and oxygen atoms in total. The first-order chi connectivity index (χ1) is 10.2. The van der Waals surface area contributed by atoms with Crippen molar-refractivity contribution in [2.45, 2.75) is 76.0 Å². The Morgan fingerprint density at radius 2 is 2.10 bits per heavy atom. The summed E-state index contributed by atoms with van der Waals surface area (Å²) in [6.45, 7) is 7.72. The zero-order chi connectivity index (χ0) is 15.1. The highest BCUT2D eigenvalue weighted by atomic mass is 32.2. The van der Waals surface area contributed by atoms with Gasteiger partial charge in [-0.25, -0.2) is 9.97 Å². The molecule has 0 spiro atoms. The number of aryl methyl sites for hydroxylation is 1. The van der Waals surface area contributed by atoms with Gasteiger partial charge in [0, 0.05) is 24.3 Å². The van der Waals surface area contributed by atoms with Crippen molar-refractivity contribution in [3.8, 4) is 0 Å². The summed E-state index contributed by atoms with van der Waals surface area (Å²) >= 11 is 1.96. The van der Waals surface area contributed by atoms with Gasteiger partial charge in [-0.1, -0.05) is 33.6 Å². The Morgan fingerprint density at radius 3 is 2.81 bits per heavy atom. The lowest BCUT2D eigenvalue weighted by Gasteiger charge is -2.26. The predicted molar refractivity (Wildman–Crippen MR) is 92.1 cm³/mol. The number of thioether (sulfide) groups is 1. The minimum Gasteiger partial charge on any atom is -0.370 e. The van der Waals surface area contributed by atoms with Crippen LogP contribution in [0.2, 0.25) is 0 Å². The fourth-order valence-corrected chi connectivity index (χ4v) is 4.26. The molecular formula is C17H29N3S. The van der Waals surface area contributed by atoms with Crippen LogP contribution < -0.4 is 5.32 Å². The van der Waals surface area contributed by atoms with Crippen molar-refractivity contribution in [3.63, 3.8) is 0 Å². The van der Waals surface area contributed by atoms with Crippen LogP contribution in [0.15, 0.2) is 11.1 Å². The summed E-state index contributed by atoms with van der Waals surface area (Å²) in [5.74, 6) is 2.86. The zero-order valence-electron chi connectivity index (χ0n) is 13.7. The smallest absolute Gasteiger partial charge is 0.132 e. The molecule has 0 saturated heterocycles. The number of anilines is 1. The van der Waals surface area contributed by atoms with Crippen LogP contribution >= 0.6 is 11.8 Å². The monoisotopic (exact) mass is 307 g/mol. The van der Waals surface area contributed by atoms with Crippen molar-refractivity contribution < 1.29 is 0 Å². The first-order valence-electron chi connectivity index (χ1n) is 8.49. The fraction of sp³-hybridized carbons (Fsp3) is 0.765. The molecule has 0 amide bonds. The average molecular weight is 308 g/mol. The average Bonchev–Trinajstić information content (AvgIpc) is 2.45. The van der Waals surface area contributed by atoms with Gasteiger partial charge < -0.3 is 5.32 Å². The minimum absolute atomic E-state index is 0.733. The topological polar surface area (TPSA) is 37.8 Å². The summed E-state index contributed by atoms with van der Waals surface area (Å²) in [7, 11) is 0. The molecule has 0 radical (unpaired) electrons. The lowest BCUT2D eigenvalue weighted by Crippen LogP contribution is -2.15. The Bertz CT molecular complexity index is 436. The molecule has 21 heavy (non-hydrogen) atoms. The molecule has 4 heteroatoms. The normalized spacial score (nSPS) is 22.2. The maximum atomic E-state index is 4.76. The van der Waals surface area contributed by atoms with E-state index in [1.807, 2.05) is 11.8 Å². The Labute approximate surface area is 133 Å². The standard InChI is InChI=1S/C17H29N3S/c1-4-7-15-19-16(18-10-5-2)12-17(20-15)21-14-9-6-8-13(3)11-14/h12-14H,4-11H2,1-3H3,(H,18,19,20). The molecule has 1 heterocycles. The van der Waals surface area contributed by atoms with Crippen molar-refractivity contribution in [3.05, 3.63) is 11.9 Å². The van der Waals surface area contributed by atoms with Gasteiger partial charge in [0.15, 0.2) is 0 Å². The lowest BCUT2D eigenvalue weighted by atomic mass is 9.91. The highest BCUT2D eigenvalue weighted by Crippen LogP contribution is 2.35. The third-order valence-electron chi connectivity index (χ3n) is 3.95. The van der Waals surface area contributed by atoms with E-state index in [4.69, 9.17) is 4.98 Å². The molecule has 1 aliphatic rings. The van der Waals surface area contributed by atoms with E-state index in [-0.39, 0.29) is 0 Å². The van der Waals surface area contributed by atoms with Gasteiger partial charge >= 0.3 is 0 Å². The molecule has 1 saturated carbocycles. The van der Waals surface area contributed by atoms with Crippen molar-refractivity contribution in [2.75, 3.05) is 11.9 Å². The van der Waals surface area contributed by atoms with Crippen LogP contribution in [-0.2, 0) is 6.42 Å². The molecule has 2 atom stereocenters. The molecular weight excluding hydrogens is 278 g/mol. The second kappa shape index (κ2) is 8.62. The highest BCUT2D eigenvalue weighted by Gasteiger charge is 2.20. The van der Waals surface area contributed by atoms with Crippen molar-refractivity contribution in [1.82, 2.24) is 9.97 Å². The van der Waals surface area contributed by atoms with Crippen LogP contribution in [0.4, 0.5) is 5.82 Å². The minimum atomic E-state index is 0.733. The molecule has 1 aromatic heterocycles. The number of nitrogens with zero attached hydrogens (tertiary/aromatic N) is 2. The third kappa shape index (κ3) is 5.50. The molecule has 1 N–H and O–H groups in total. The Morgan fingerprint density at radius 1 is 1.24 bits per heavy atom. The SMILES string of the molecule is CCCNc1cc(SC2CCCC(C)C2)nc(CCC)n1. The molecule has 2 rings (SSSR count). The third-order valence-corrected chi connectivity index (χ3v) is 5.17. The van der Waals surface area contributed by atoms with E-state index >= 15 is 0 Å². The van der Waals surface area contributed by atoms with Crippen molar-refractivity contribution in [2.24, 2.45) is 5.92 Å². The first kappa shape index (κ1) is 16.6. The van der Waals surface area contributed by atoms with E-state index in [1.165, 1.54) is 25.7 Å². The van der Waals surface area contributed by atoms with Crippen LogP contribution in [0, 0.1) is 5.92 Å². The lowest BCUT2D eigenvalue weighted by molar-refractivity contribution is 0.394. The molecule has 0 aromatic carbocycles. The number of hydrogen-bond donors (Lipinski definition) is 1. The summed E-state index contributed by atoms with van der Waals surface area (Å²) < 4.78 is 0. The Kier molecular flexibility index (Phi) is 6.81. The van der Waals surface area contributed by atoms with Crippen LogP contribution in [0.5, 0.6) is 0 Å². The van der Waals surface area contributed by atoms with Gasteiger partial charge in [-0.2, -0.15) is 0 Å². The molecule has 0 aliphatic heterocycles. The van der Waals surface area contributed by atoms with Gasteiger partial charge in [0.1, 0.15) is 16.7 Å². The van der Waals surface area contributed by atoms with E-state index in [1.54, 1.807) is 0 Å². The summed E-state index contributed by atoms with van der Waals surface area (Å²) in [6.07, 6.45) is 8.61. The molecule has 1 aromatic rings. The van der Waals surface area contributed by atoms with Crippen molar-refractivity contribution >= 4 is 17.6 Å². The quantitative estimate of drug-likeness (QED) is 0.725. The van der Waals surface area contributed by atoms with Gasteiger partial charge in [-0.15, -0.1) is 11.8 Å². The summed E-state index contributed by atoms with van der Waals surface area (Å²) in [6, 6.07) is 2.14.